The lowest BCUT2D eigenvalue weighted by atomic mass is 10.2. The zero-order valence-electron chi connectivity index (χ0n) is 15.5. The number of carbonyl (C=O) groups excluding carboxylic acids is 4. The van der Waals surface area contributed by atoms with Gasteiger partial charge in [-0.3, -0.25) is 24.0 Å². The molecule has 0 heterocycles. The summed E-state index contributed by atoms with van der Waals surface area (Å²) in [6.45, 7) is 6.96. The molecule has 11 heteroatoms. The van der Waals surface area contributed by atoms with E-state index in [0.29, 0.717) is 0 Å². The Morgan fingerprint density at radius 3 is 1.15 bits per heavy atom. The smallest absolute Gasteiger partial charge is 0.325 e. The van der Waals surface area contributed by atoms with E-state index in [1.807, 2.05) is 0 Å². The summed E-state index contributed by atoms with van der Waals surface area (Å²) in [5.41, 5.74) is 5.39. The number of nitrogens with one attached hydrogen (secondary N) is 4. The van der Waals surface area contributed by atoms with Crippen molar-refractivity contribution in [3.8, 4) is 0 Å². The van der Waals surface area contributed by atoms with Crippen molar-refractivity contribution in [3.63, 3.8) is 0 Å². The molecule has 26 heavy (non-hydrogen) atoms. The Morgan fingerprint density at radius 1 is 0.615 bits per heavy atom. The molecular formula is C15H27N5O6. The SMILES string of the molecule is C[C@H](N)C(=O)N[C@H](C)C(=O)N[C@@H](C)C(=O)N[C@H](C)C(=O)N[C@H](C)C(=O)O. The minimum atomic E-state index is -1.21. The molecule has 0 aromatic rings. The number of carboxylic acids is 1. The first kappa shape index (κ1) is 23.3. The molecule has 0 aromatic heterocycles. The summed E-state index contributed by atoms with van der Waals surface area (Å²) >= 11 is 0. The zero-order chi connectivity index (χ0) is 20.6. The van der Waals surface area contributed by atoms with E-state index in [0.717, 1.165) is 0 Å². The van der Waals surface area contributed by atoms with Crippen LogP contribution in [0.3, 0.4) is 0 Å². The Balaban J connectivity index is 4.54. The molecule has 0 fully saturated rings. The summed E-state index contributed by atoms with van der Waals surface area (Å²) in [5, 5.41) is 18.1. The van der Waals surface area contributed by atoms with E-state index in [1.165, 1.54) is 34.6 Å². The topological polar surface area (TPSA) is 180 Å². The first-order chi connectivity index (χ1) is 11.9. The van der Waals surface area contributed by atoms with Gasteiger partial charge in [-0.2, -0.15) is 0 Å². The van der Waals surface area contributed by atoms with Gasteiger partial charge in [-0.25, -0.2) is 0 Å². The fraction of sp³-hybridized carbons (Fsp3) is 0.667. The van der Waals surface area contributed by atoms with Crippen LogP contribution in [0.4, 0.5) is 0 Å². The molecule has 0 rings (SSSR count). The average molecular weight is 373 g/mol. The van der Waals surface area contributed by atoms with Gasteiger partial charge in [-0.05, 0) is 34.6 Å². The van der Waals surface area contributed by atoms with Crippen molar-refractivity contribution in [2.24, 2.45) is 5.73 Å². The molecule has 11 nitrogen and oxygen atoms in total. The van der Waals surface area contributed by atoms with Crippen LogP contribution in [0.1, 0.15) is 34.6 Å². The number of hydrogen-bond donors (Lipinski definition) is 6. The van der Waals surface area contributed by atoms with Gasteiger partial charge in [0.05, 0.1) is 6.04 Å². The summed E-state index contributed by atoms with van der Waals surface area (Å²) in [7, 11) is 0. The third-order valence-electron chi connectivity index (χ3n) is 3.40. The van der Waals surface area contributed by atoms with Crippen molar-refractivity contribution in [3.05, 3.63) is 0 Å². The van der Waals surface area contributed by atoms with Gasteiger partial charge in [0, 0.05) is 0 Å². The summed E-state index contributed by atoms with van der Waals surface area (Å²) in [4.78, 5) is 58.0. The maximum absolute atomic E-state index is 12.0. The predicted molar refractivity (Wildman–Crippen MR) is 91.7 cm³/mol. The van der Waals surface area contributed by atoms with Crippen LogP contribution < -0.4 is 27.0 Å². The second-order valence-electron chi connectivity index (χ2n) is 6.05. The number of amides is 4. The number of nitrogens with two attached hydrogens (primary N) is 1. The molecule has 0 aromatic carbocycles. The highest BCUT2D eigenvalue weighted by Gasteiger charge is 2.25. The van der Waals surface area contributed by atoms with E-state index < -0.39 is 59.8 Å². The summed E-state index contributed by atoms with van der Waals surface area (Å²) in [6.07, 6.45) is 0. The minimum Gasteiger partial charge on any atom is -0.480 e. The van der Waals surface area contributed by atoms with E-state index in [-0.39, 0.29) is 0 Å². The number of hydrogen-bond acceptors (Lipinski definition) is 6. The van der Waals surface area contributed by atoms with Crippen LogP contribution in [-0.2, 0) is 24.0 Å². The van der Waals surface area contributed by atoms with E-state index in [1.54, 1.807) is 0 Å². The Morgan fingerprint density at radius 2 is 0.885 bits per heavy atom. The molecule has 0 saturated carbocycles. The molecule has 0 unspecified atom stereocenters. The largest absolute Gasteiger partial charge is 0.480 e. The van der Waals surface area contributed by atoms with Gasteiger partial charge in [-0.1, -0.05) is 0 Å². The van der Waals surface area contributed by atoms with E-state index in [4.69, 9.17) is 10.8 Å². The van der Waals surface area contributed by atoms with Crippen LogP contribution >= 0.6 is 0 Å². The van der Waals surface area contributed by atoms with Crippen LogP contribution in [0, 0.1) is 0 Å². The molecule has 0 aliphatic heterocycles. The van der Waals surface area contributed by atoms with Crippen molar-refractivity contribution < 1.29 is 29.1 Å². The molecule has 0 aliphatic carbocycles. The Kier molecular flexibility index (Phi) is 9.27. The molecule has 0 radical (unpaired) electrons. The fourth-order valence-corrected chi connectivity index (χ4v) is 1.62. The van der Waals surface area contributed by atoms with Gasteiger partial charge in [0.2, 0.25) is 23.6 Å². The van der Waals surface area contributed by atoms with Gasteiger partial charge in [0.25, 0.3) is 0 Å². The van der Waals surface area contributed by atoms with Gasteiger partial charge < -0.3 is 32.1 Å². The highest BCUT2D eigenvalue weighted by atomic mass is 16.4. The zero-order valence-corrected chi connectivity index (χ0v) is 15.5. The maximum Gasteiger partial charge on any atom is 0.325 e. The van der Waals surface area contributed by atoms with E-state index in [9.17, 15) is 24.0 Å². The summed E-state index contributed by atoms with van der Waals surface area (Å²) in [6, 6.07) is -4.77. The van der Waals surface area contributed by atoms with E-state index >= 15 is 0 Å². The molecule has 4 amide bonds. The standard InChI is InChI=1S/C15H27N5O6/c1-6(16)11(21)17-7(2)12(22)18-8(3)13(23)19-9(4)14(24)20-10(5)15(25)26/h6-10H,16H2,1-5H3,(H,17,21)(H,18,22)(H,19,23)(H,20,24)(H,25,26)/t6-,7+,8-,9+,10+/m0/s1. The molecule has 0 bridgehead atoms. The average Bonchev–Trinajstić information content (AvgIpc) is 2.53. The molecule has 148 valence electrons. The summed E-state index contributed by atoms with van der Waals surface area (Å²) in [5.74, 6) is -3.64. The lowest BCUT2D eigenvalue weighted by molar-refractivity contribution is -0.141. The molecule has 0 aliphatic rings. The predicted octanol–water partition coefficient (Wildman–Crippen LogP) is -2.56. The highest BCUT2D eigenvalue weighted by molar-refractivity contribution is 5.94. The third-order valence-corrected chi connectivity index (χ3v) is 3.40. The van der Waals surface area contributed by atoms with Gasteiger partial charge in [-0.15, -0.1) is 0 Å². The Bertz CT molecular complexity index is 565. The van der Waals surface area contributed by atoms with Crippen LogP contribution in [0.15, 0.2) is 0 Å². The molecule has 0 saturated heterocycles. The quantitative estimate of drug-likeness (QED) is 0.257. The van der Waals surface area contributed by atoms with Gasteiger partial charge >= 0.3 is 5.97 Å². The van der Waals surface area contributed by atoms with Crippen molar-refractivity contribution >= 4 is 29.6 Å². The third kappa shape index (κ3) is 7.92. The van der Waals surface area contributed by atoms with Crippen molar-refractivity contribution in [2.45, 2.75) is 64.8 Å². The van der Waals surface area contributed by atoms with Crippen LogP contribution in [0.5, 0.6) is 0 Å². The highest BCUT2D eigenvalue weighted by Crippen LogP contribution is 1.92. The van der Waals surface area contributed by atoms with Crippen molar-refractivity contribution in [1.29, 1.82) is 0 Å². The Labute approximate surface area is 151 Å². The normalized spacial score (nSPS) is 16.2. The minimum absolute atomic E-state index is 0.511. The first-order valence-corrected chi connectivity index (χ1v) is 8.06. The monoisotopic (exact) mass is 373 g/mol. The van der Waals surface area contributed by atoms with Gasteiger partial charge in [0.15, 0.2) is 0 Å². The van der Waals surface area contributed by atoms with Crippen LogP contribution in [0.25, 0.3) is 0 Å². The lowest BCUT2D eigenvalue weighted by Gasteiger charge is -2.21. The molecule has 0 spiro atoms. The second-order valence-corrected chi connectivity index (χ2v) is 6.05. The Hall–Kier alpha value is -2.69. The lowest BCUT2D eigenvalue weighted by Crippen LogP contribution is -2.56. The van der Waals surface area contributed by atoms with Crippen molar-refractivity contribution in [1.82, 2.24) is 21.3 Å². The van der Waals surface area contributed by atoms with Gasteiger partial charge in [0.1, 0.15) is 24.2 Å². The molecular weight excluding hydrogens is 346 g/mol. The maximum atomic E-state index is 12.0. The van der Waals surface area contributed by atoms with E-state index in [2.05, 4.69) is 21.3 Å². The summed E-state index contributed by atoms with van der Waals surface area (Å²) < 4.78 is 0. The van der Waals surface area contributed by atoms with Crippen LogP contribution in [-0.4, -0.2) is 64.9 Å². The molecule has 5 atom stereocenters. The molecule has 7 N–H and O–H groups in total. The first-order valence-electron chi connectivity index (χ1n) is 8.06. The number of carbonyl (C=O) groups is 5. The number of rotatable bonds is 9. The fourth-order valence-electron chi connectivity index (χ4n) is 1.62. The second kappa shape index (κ2) is 10.3. The van der Waals surface area contributed by atoms with Crippen LogP contribution in [0.2, 0.25) is 0 Å². The number of aliphatic carboxylic acids is 1. The number of carboxylic acid groups (broad SMARTS) is 1. The van der Waals surface area contributed by atoms with Crippen molar-refractivity contribution in [2.75, 3.05) is 0 Å².